The largest absolute Gasteiger partial charge is 0.419 e. The molecule has 1 atom stereocenters. The van der Waals surface area contributed by atoms with Crippen LogP contribution in [-0.4, -0.2) is 62.9 Å². The van der Waals surface area contributed by atoms with Crippen molar-refractivity contribution in [2.45, 2.75) is 13.2 Å². The average Bonchev–Trinajstić information content (AvgIpc) is 3.01. The van der Waals surface area contributed by atoms with Gasteiger partial charge in [-0.2, -0.15) is 0 Å². The zero-order valence-corrected chi connectivity index (χ0v) is 16.5. The second-order valence-corrected chi connectivity index (χ2v) is 7.18. The zero-order chi connectivity index (χ0) is 20.5. The van der Waals surface area contributed by atoms with Crippen molar-refractivity contribution in [3.8, 4) is 0 Å². The topological polar surface area (TPSA) is 91.8 Å². The number of ether oxygens (including phenoxy) is 1. The second-order valence-electron chi connectivity index (χ2n) is 6.75. The molecular weight excluding hydrogens is 396 g/mol. The molecule has 4 heterocycles. The van der Waals surface area contributed by atoms with Gasteiger partial charge in [0.2, 0.25) is 6.23 Å². The van der Waals surface area contributed by atoms with Crippen molar-refractivity contribution in [2.75, 3.05) is 31.1 Å². The average molecular weight is 415 g/mol. The van der Waals surface area contributed by atoms with E-state index < -0.39 is 18.2 Å². The highest BCUT2D eigenvalue weighted by Crippen LogP contribution is 2.35. The van der Waals surface area contributed by atoms with E-state index >= 15 is 0 Å². The van der Waals surface area contributed by atoms with E-state index in [0.29, 0.717) is 37.0 Å². The Morgan fingerprint density at radius 2 is 1.83 bits per heavy atom. The van der Waals surface area contributed by atoms with Crippen molar-refractivity contribution in [3.05, 3.63) is 59.4 Å². The molecule has 2 aromatic rings. The van der Waals surface area contributed by atoms with Crippen LogP contribution in [0.2, 0.25) is 5.02 Å². The zero-order valence-electron chi connectivity index (χ0n) is 15.8. The van der Waals surface area contributed by atoms with Gasteiger partial charge in [-0.25, -0.2) is 19.7 Å². The minimum absolute atomic E-state index is 0.133. The molecule has 1 fully saturated rings. The van der Waals surface area contributed by atoms with Gasteiger partial charge in [0.15, 0.2) is 5.69 Å². The lowest BCUT2D eigenvalue weighted by atomic mass is 10.3. The van der Waals surface area contributed by atoms with Crippen LogP contribution in [0.1, 0.15) is 29.3 Å². The van der Waals surface area contributed by atoms with E-state index in [2.05, 4.69) is 26.4 Å². The van der Waals surface area contributed by atoms with Crippen LogP contribution >= 0.6 is 11.6 Å². The van der Waals surface area contributed by atoms with Crippen LogP contribution in [0.5, 0.6) is 0 Å². The molecule has 0 bridgehead atoms. The Balaban J connectivity index is 1.58. The van der Waals surface area contributed by atoms with Gasteiger partial charge in [-0.1, -0.05) is 18.2 Å². The number of anilines is 1. The number of allylic oxidation sites excluding steroid dienone is 1. The molecule has 0 spiro atoms. The van der Waals surface area contributed by atoms with Crippen LogP contribution in [0.15, 0.2) is 43.0 Å². The molecule has 0 aliphatic carbocycles. The quantitative estimate of drug-likeness (QED) is 0.761. The number of rotatable bonds is 3. The lowest BCUT2D eigenvalue weighted by molar-refractivity contribution is 0.0483. The maximum Gasteiger partial charge on any atom is 0.412 e. The highest BCUT2D eigenvalue weighted by atomic mass is 35.5. The number of aromatic nitrogens is 3. The highest BCUT2D eigenvalue weighted by molar-refractivity contribution is 6.30. The molecule has 0 N–H and O–H groups in total. The van der Waals surface area contributed by atoms with E-state index in [0.717, 1.165) is 5.70 Å². The third kappa shape index (κ3) is 3.61. The van der Waals surface area contributed by atoms with Gasteiger partial charge >= 0.3 is 6.09 Å². The number of amides is 2. The monoisotopic (exact) mass is 414 g/mol. The highest BCUT2D eigenvalue weighted by Gasteiger charge is 2.44. The molecule has 1 saturated heterocycles. The summed E-state index contributed by atoms with van der Waals surface area (Å²) in [5.74, 6) is -0.142. The Kier molecular flexibility index (Phi) is 5.06. The first-order valence-corrected chi connectivity index (χ1v) is 9.45. The lowest BCUT2D eigenvalue weighted by Crippen LogP contribution is -2.48. The van der Waals surface area contributed by atoms with Gasteiger partial charge in [0, 0.05) is 50.5 Å². The Hall–Kier alpha value is -3.20. The summed E-state index contributed by atoms with van der Waals surface area (Å²) >= 11 is 5.91. The number of carbonyl (C=O) groups is 2. The third-order valence-corrected chi connectivity index (χ3v) is 5.09. The van der Waals surface area contributed by atoms with Crippen molar-refractivity contribution < 1.29 is 14.3 Å². The van der Waals surface area contributed by atoms with Gasteiger partial charge in [-0.15, -0.1) is 0 Å². The molecule has 2 aliphatic heterocycles. The van der Waals surface area contributed by atoms with Crippen LogP contribution in [-0.2, 0) is 4.74 Å². The van der Waals surface area contributed by atoms with Gasteiger partial charge in [0.25, 0.3) is 5.91 Å². The Morgan fingerprint density at radius 1 is 1.14 bits per heavy atom. The number of hydrogen-bond donors (Lipinski definition) is 0. The number of fused-ring (bicyclic) bond motifs is 1. The first-order chi connectivity index (χ1) is 14.0. The smallest absolute Gasteiger partial charge is 0.412 e. The molecule has 10 heteroatoms. The maximum atomic E-state index is 12.9. The first-order valence-electron chi connectivity index (χ1n) is 9.07. The molecular formula is C19H19ClN6O3. The number of carbonyl (C=O) groups excluding carboxylic acids is 2. The minimum atomic E-state index is -1.05. The van der Waals surface area contributed by atoms with Crippen molar-refractivity contribution >= 4 is 29.4 Å². The Bertz CT molecular complexity index is 959. The Morgan fingerprint density at radius 3 is 2.48 bits per heavy atom. The number of halogens is 1. The standard InChI is InChI=1S/C19H19ClN6O3/c1-12(2)24-7-9-25(10-8-24)19(28)29-18-16-15(21-5-6-22-16)17(27)26(18)14-4-3-13(20)11-23-14/h3-6,11,18H,1,7-10H2,2H3/t18-/m0/s1. The fourth-order valence-electron chi connectivity index (χ4n) is 3.32. The second kappa shape index (κ2) is 7.67. The summed E-state index contributed by atoms with van der Waals surface area (Å²) in [6, 6.07) is 3.19. The first kappa shape index (κ1) is 19.1. The molecule has 29 heavy (non-hydrogen) atoms. The van der Waals surface area contributed by atoms with Crippen LogP contribution < -0.4 is 4.90 Å². The molecule has 150 valence electrons. The number of piperazine rings is 1. The van der Waals surface area contributed by atoms with Crippen molar-refractivity contribution in [3.63, 3.8) is 0 Å². The molecule has 2 amide bonds. The summed E-state index contributed by atoms with van der Waals surface area (Å²) in [7, 11) is 0. The molecule has 2 aliphatic rings. The molecule has 0 aromatic carbocycles. The Labute approximate surface area is 172 Å². The van der Waals surface area contributed by atoms with E-state index in [9.17, 15) is 9.59 Å². The van der Waals surface area contributed by atoms with E-state index in [-0.39, 0.29) is 11.4 Å². The predicted octanol–water partition coefficient (Wildman–Crippen LogP) is 2.47. The third-order valence-electron chi connectivity index (χ3n) is 4.87. The van der Waals surface area contributed by atoms with E-state index in [1.807, 2.05) is 6.92 Å². The molecule has 2 aromatic heterocycles. The van der Waals surface area contributed by atoms with Crippen molar-refractivity contribution in [1.82, 2.24) is 24.8 Å². The van der Waals surface area contributed by atoms with E-state index in [4.69, 9.17) is 16.3 Å². The minimum Gasteiger partial charge on any atom is -0.419 e. The number of pyridine rings is 1. The fraction of sp³-hybridized carbons (Fsp3) is 0.316. The lowest BCUT2D eigenvalue weighted by Gasteiger charge is -2.36. The number of nitrogens with zero attached hydrogens (tertiary/aromatic N) is 6. The van der Waals surface area contributed by atoms with Crippen molar-refractivity contribution in [1.29, 1.82) is 0 Å². The molecule has 0 radical (unpaired) electrons. The molecule has 9 nitrogen and oxygen atoms in total. The fourth-order valence-corrected chi connectivity index (χ4v) is 3.43. The van der Waals surface area contributed by atoms with Crippen molar-refractivity contribution in [2.24, 2.45) is 0 Å². The van der Waals surface area contributed by atoms with Gasteiger partial charge in [0.05, 0.1) is 5.02 Å². The predicted molar refractivity (Wildman–Crippen MR) is 105 cm³/mol. The maximum absolute atomic E-state index is 12.9. The van der Waals surface area contributed by atoms with E-state index in [1.54, 1.807) is 17.0 Å². The van der Waals surface area contributed by atoms with Crippen LogP contribution in [0.3, 0.4) is 0 Å². The van der Waals surface area contributed by atoms with Crippen LogP contribution in [0.4, 0.5) is 10.6 Å². The van der Waals surface area contributed by atoms with Crippen LogP contribution in [0, 0.1) is 0 Å². The number of hydrogen-bond acceptors (Lipinski definition) is 7. The summed E-state index contributed by atoms with van der Waals surface area (Å²) in [5, 5.41) is 0.429. The van der Waals surface area contributed by atoms with Gasteiger partial charge < -0.3 is 14.5 Å². The SMILES string of the molecule is C=C(C)N1CCN(C(=O)O[C@H]2c3nccnc3C(=O)N2c2ccc(Cl)cn2)CC1. The van der Waals surface area contributed by atoms with Gasteiger partial charge in [0.1, 0.15) is 11.5 Å². The molecule has 0 unspecified atom stereocenters. The van der Waals surface area contributed by atoms with Gasteiger partial charge in [-0.05, 0) is 19.1 Å². The summed E-state index contributed by atoms with van der Waals surface area (Å²) in [5.41, 5.74) is 1.38. The molecule has 4 rings (SSSR count). The summed E-state index contributed by atoms with van der Waals surface area (Å²) in [6.07, 6.45) is 2.72. The summed E-state index contributed by atoms with van der Waals surface area (Å²) in [6.45, 7) is 8.21. The van der Waals surface area contributed by atoms with Crippen LogP contribution in [0.25, 0.3) is 0 Å². The summed E-state index contributed by atoms with van der Waals surface area (Å²) in [4.78, 5) is 43.2. The summed E-state index contributed by atoms with van der Waals surface area (Å²) < 4.78 is 5.72. The molecule has 0 saturated carbocycles. The van der Waals surface area contributed by atoms with E-state index in [1.165, 1.54) is 23.5 Å². The normalized spacial score (nSPS) is 18.6. The van der Waals surface area contributed by atoms with Gasteiger partial charge in [-0.3, -0.25) is 9.78 Å².